The van der Waals surface area contributed by atoms with Gasteiger partial charge in [-0.15, -0.1) is 0 Å². The number of rotatable bonds is 3. The van der Waals surface area contributed by atoms with Gasteiger partial charge in [0.15, 0.2) is 0 Å². The fourth-order valence-corrected chi connectivity index (χ4v) is 2.13. The highest BCUT2D eigenvalue weighted by Crippen LogP contribution is 2.40. The van der Waals surface area contributed by atoms with E-state index in [0.717, 1.165) is 12.8 Å². The third kappa shape index (κ3) is 2.07. The number of hydrogen-bond donors (Lipinski definition) is 2. The summed E-state index contributed by atoms with van der Waals surface area (Å²) in [7, 11) is 0. The second-order valence-corrected chi connectivity index (χ2v) is 4.21. The molecule has 2 rings (SSSR count). The summed E-state index contributed by atoms with van der Waals surface area (Å²) in [6.45, 7) is 1.73. The molecule has 1 fully saturated rings. The molecule has 0 amide bonds. The summed E-state index contributed by atoms with van der Waals surface area (Å²) >= 11 is 0. The Hall–Kier alpha value is -1.04. The van der Waals surface area contributed by atoms with Crippen LogP contribution in [-0.4, -0.2) is 34.8 Å². The fourth-order valence-electron chi connectivity index (χ4n) is 2.13. The van der Waals surface area contributed by atoms with Crippen molar-refractivity contribution in [3.63, 3.8) is 0 Å². The van der Waals surface area contributed by atoms with Gasteiger partial charge in [-0.05, 0) is 12.8 Å². The molecule has 0 unspecified atom stereocenters. The lowest BCUT2D eigenvalue weighted by Gasteiger charge is -2.39. The molecule has 0 spiro atoms. The number of nitrogens with two attached hydrogens (primary N) is 1. The van der Waals surface area contributed by atoms with Crippen LogP contribution < -0.4 is 5.73 Å². The van der Waals surface area contributed by atoms with Gasteiger partial charge in [-0.25, -0.2) is 0 Å². The molecule has 0 radical (unpaired) electrons. The Morgan fingerprint density at radius 1 is 1.44 bits per heavy atom. The highest BCUT2D eigenvalue weighted by Gasteiger charge is 2.39. The van der Waals surface area contributed by atoms with Crippen molar-refractivity contribution in [3.8, 4) is 0 Å². The van der Waals surface area contributed by atoms with Crippen LogP contribution in [0.15, 0.2) is 18.6 Å². The zero-order valence-electron chi connectivity index (χ0n) is 9.17. The Morgan fingerprint density at radius 3 is 2.75 bits per heavy atom. The quantitative estimate of drug-likeness (QED) is 0.768. The van der Waals surface area contributed by atoms with Gasteiger partial charge in [0.25, 0.3) is 0 Å². The van der Waals surface area contributed by atoms with Crippen LogP contribution >= 0.6 is 0 Å². The zero-order chi connectivity index (χ0) is 11.4. The molecule has 1 saturated heterocycles. The van der Waals surface area contributed by atoms with Gasteiger partial charge in [-0.3, -0.25) is 9.97 Å². The standard InChI is InChI=1S/C11H17N3O2/c12-8-11(1-5-16-6-2-11)10(15)9-7-13-3-4-14-9/h3-4,7,10,15H,1-2,5-6,8,12H2/t10-/m1/s1. The molecule has 0 aromatic carbocycles. The number of aromatic nitrogens is 2. The summed E-state index contributed by atoms with van der Waals surface area (Å²) in [4.78, 5) is 8.11. The maximum absolute atomic E-state index is 10.4. The predicted molar refractivity (Wildman–Crippen MR) is 58.5 cm³/mol. The van der Waals surface area contributed by atoms with Crippen molar-refractivity contribution < 1.29 is 9.84 Å². The third-order valence-corrected chi connectivity index (χ3v) is 3.34. The molecule has 0 bridgehead atoms. The lowest BCUT2D eigenvalue weighted by Crippen LogP contribution is -2.42. The van der Waals surface area contributed by atoms with Crippen molar-refractivity contribution in [1.29, 1.82) is 0 Å². The average molecular weight is 223 g/mol. The summed E-state index contributed by atoms with van der Waals surface area (Å²) in [5, 5.41) is 10.4. The highest BCUT2D eigenvalue weighted by molar-refractivity contribution is 5.06. The molecule has 1 aromatic rings. The molecule has 16 heavy (non-hydrogen) atoms. The lowest BCUT2D eigenvalue weighted by atomic mass is 9.74. The topological polar surface area (TPSA) is 81.3 Å². The second kappa shape index (κ2) is 4.86. The van der Waals surface area contributed by atoms with Crippen molar-refractivity contribution in [1.82, 2.24) is 9.97 Å². The molecule has 1 aliphatic heterocycles. The number of aliphatic hydroxyl groups excluding tert-OH is 1. The van der Waals surface area contributed by atoms with Crippen LogP contribution in [0.25, 0.3) is 0 Å². The maximum Gasteiger partial charge on any atom is 0.104 e. The van der Waals surface area contributed by atoms with Crippen LogP contribution in [0.2, 0.25) is 0 Å². The van der Waals surface area contributed by atoms with Crippen molar-refractivity contribution in [3.05, 3.63) is 24.3 Å². The van der Waals surface area contributed by atoms with E-state index in [1.165, 1.54) is 0 Å². The van der Waals surface area contributed by atoms with Crippen LogP contribution in [0.5, 0.6) is 0 Å². The molecule has 5 heteroatoms. The van der Waals surface area contributed by atoms with E-state index in [4.69, 9.17) is 10.5 Å². The zero-order valence-corrected chi connectivity index (χ0v) is 9.17. The monoisotopic (exact) mass is 223 g/mol. The molecule has 1 aromatic heterocycles. The molecule has 1 atom stereocenters. The first-order valence-corrected chi connectivity index (χ1v) is 5.50. The van der Waals surface area contributed by atoms with Crippen molar-refractivity contribution in [2.45, 2.75) is 18.9 Å². The van der Waals surface area contributed by atoms with Crippen LogP contribution in [0.3, 0.4) is 0 Å². The largest absolute Gasteiger partial charge is 0.386 e. The summed E-state index contributed by atoms with van der Waals surface area (Å²) < 4.78 is 5.31. The SMILES string of the molecule is NCC1([C@H](O)c2cnccn2)CCOCC1. The van der Waals surface area contributed by atoms with E-state index in [1.54, 1.807) is 18.6 Å². The molecule has 1 aliphatic rings. The smallest absolute Gasteiger partial charge is 0.104 e. The molecular weight excluding hydrogens is 206 g/mol. The molecule has 5 nitrogen and oxygen atoms in total. The minimum absolute atomic E-state index is 0.311. The number of nitrogens with zero attached hydrogens (tertiary/aromatic N) is 2. The van der Waals surface area contributed by atoms with E-state index in [2.05, 4.69) is 9.97 Å². The van der Waals surface area contributed by atoms with Gasteiger partial charge in [0.1, 0.15) is 6.10 Å². The molecule has 0 saturated carbocycles. The van der Waals surface area contributed by atoms with E-state index in [-0.39, 0.29) is 5.41 Å². The van der Waals surface area contributed by atoms with Gasteiger partial charge in [0, 0.05) is 37.6 Å². The highest BCUT2D eigenvalue weighted by atomic mass is 16.5. The van der Waals surface area contributed by atoms with Gasteiger partial charge >= 0.3 is 0 Å². The molecule has 2 heterocycles. The first-order valence-electron chi connectivity index (χ1n) is 5.50. The number of ether oxygens (including phenoxy) is 1. The molecule has 3 N–H and O–H groups in total. The fraction of sp³-hybridized carbons (Fsp3) is 0.636. The summed E-state index contributed by atoms with van der Waals surface area (Å²) in [5.41, 5.74) is 6.09. The van der Waals surface area contributed by atoms with Gasteiger partial charge < -0.3 is 15.6 Å². The van der Waals surface area contributed by atoms with Crippen LogP contribution in [0.4, 0.5) is 0 Å². The van der Waals surface area contributed by atoms with Gasteiger partial charge in [0.05, 0.1) is 11.9 Å². The van der Waals surface area contributed by atoms with E-state index in [1.807, 2.05) is 0 Å². The Bertz CT molecular complexity index is 325. The minimum Gasteiger partial charge on any atom is -0.386 e. The summed E-state index contributed by atoms with van der Waals surface area (Å²) in [6, 6.07) is 0. The predicted octanol–water partition coefficient (Wildman–Crippen LogP) is 0.265. The van der Waals surface area contributed by atoms with E-state index < -0.39 is 6.10 Å². The Kier molecular flexibility index (Phi) is 3.48. The van der Waals surface area contributed by atoms with Gasteiger partial charge in [-0.2, -0.15) is 0 Å². The average Bonchev–Trinajstić information content (AvgIpc) is 2.39. The number of aliphatic hydroxyl groups is 1. The molecular formula is C11H17N3O2. The lowest BCUT2D eigenvalue weighted by molar-refractivity contribution is -0.0599. The van der Waals surface area contributed by atoms with Crippen molar-refractivity contribution in [2.75, 3.05) is 19.8 Å². The van der Waals surface area contributed by atoms with Crippen molar-refractivity contribution >= 4 is 0 Å². The maximum atomic E-state index is 10.4. The van der Waals surface area contributed by atoms with Gasteiger partial charge in [-0.1, -0.05) is 0 Å². The van der Waals surface area contributed by atoms with Crippen LogP contribution in [0, 0.1) is 5.41 Å². The normalized spacial score (nSPS) is 21.6. The Morgan fingerprint density at radius 2 is 2.19 bits per heavy atom. The Balaban J connectivity index is 2.20. The Labute approximate surface area is 94.7 Å². The molecule has 88 valence electrons. The van der Waals surface area contributed by atoms with Crippen LogP contribution in [-0.2, 0) is 4.74 Å². The van der Waals surface area contributed by atoms with E-state index >= 15 is 0 Å². The second-order valence-electron chi connectivity index (χ2n) is 4.21. The summed E-state index contributed by atoms with van der Waals surface area (Å²) in [6.07, 6.45) is 5.65. The summed E-state index contributed by atoms with van der Waals surface area (Å²) in [5.74, 6) is 0. The minimum atomic E-state index is -0.657. The van der Waals surface area contributed by atoms with E-state index in [9.17, 15) is 5.11 Å². The van der Waals surface area contributed by atoms with Crippen LogP contribution in [0.1, 0.15) is 24.6 Å². The number of hydrogen-bond acceptors (Lipinski definition) is 5. The van der Waals surface area contributed by atoms with E-state index in [0.29, 0.717) is 25.5 Å². The third-order valence-electron chi connectivity index (χ3n) is 3.34. The molecule has 0 aliphatic carbocycles. The van der Waals surface area contributed by atoms with Crippen molar-refractivity contribution in [2.24, 2.45) is 11.1 Å². The first-order chi connectivity index (χ1) is 7.78. The van der Waals surface area contributed by atoms with Gasteiger partial charge in [0.2, 0.25) is 0 Å². The first kappa shape index (κ1) is 11.4.